The Kier molecular flexibility index (Phi) is 4.83. The predicted octanol–water partition coefficient (Wildman–Crippen LogP) is 3.24. The summed E-state index contributed by atoms with van der Waals surface area (Å²) < 4.78 is 5.51. The van der Waals surface area contributed by atoms with Crippen molar-refractivity contribution in [2.75, 3.05) is 13.1 Å². The van der Waals surface area contributed by atoms with Gasteiger partial charge in [0.05, 0.1) is 11.6 Å². The first kappa shape index (κ1) is 17.1. The van der Waals surface area contributed by atoms with E-state index in [-0.39, 0.29) is 11.9 Å². The van der Waals surface area contributed by atoms with Crippen LogP contribution in [0.25, 0.3) is 0 Å². The van der Waals surface area contributed by atoms with Gasteiger partial charge in [-0.25, -0.2) is 0 Å². The maximum atomic E-state index is 12.7. The number of carbonyl (C=O) groups excluding carboxylic acids is 2. The number of nitrogens with zero attached hydrogens (tertiary/aromatic N) is 2. The van der Waals surface area contributed by atoms with Crippen LogP contribution in [0.3, 0.4) is 0 Å². The van der Waals surface area contributed by atoms with E-state index < -0.39 is 5.41 Å². The van der Waals surface area contributed by atoms with Crippen molar-refractivity contribution in [1.82, 2.24) is 9.88 Å². The molecule has 130 valence electrons. The standard InChI is InChI=1S/C20H22N2O3/c1-15-9-10-17(13-21-15)25-19(24)20(2)11-6-12-22(14-20)18(23)16-7-4-3-5-8-16/h3-5,7-10,13H,6,11-12,14H2,1-2H3. The van der Waals surface area contributed by atoms with Crippen LogP contribution in [0.15, 0.2) is 48.7 Å². The van der Waals surface area contributed by atoms with E-state index in [9.17, 15) is 9.59 Å². The van der Waals surface area contributed by atoms with Crippen LogP contribution in [0.1, 0.15) is 35.8 Å². The van der Waals surface area contributed by atoms with Crippen LogP contribution in [0.2, 0.25) is 0 Å². The van der Waals surface area contributed by atoms with Crippen LogP contribution in [0, 0.1) is 12.3 Å². The average Bonchev–Trinajstić information content (AvgIpc) is 2.63. The first-order chi connectivity index (χ1) is 12.0. The number of amides is 1. The van der Waals surface area contributed by atoms with Gasteiger partial charge in [0.25, 0.3) is 5.91 Å². The highest BCUT2D eigenvalue weighted by Gasteiger charge is 2.41. The minimum atomic E-state index is -0.715. The molecular weight excluding hydrogens is 316 g/mol. The Morgan fingerprint density at radius 2 is 1.92 bits per heavy atom. The van der Waals surface area contributed by atoms with Crippen LogP contribution in [0.5, 0.6) is 5.75 Å². The number of benzene rings is 1. The van der Waals surface area contributed by atoms with E-state index in [0.717, 1.165) is 12.1 Å². The molecular formula is C20H22N2O3. The molecule has 2 aromatic rings. The molecule has 0 aliphatic carbocycles. The molecule has 0 bridgehead atoms. The third-order valence-corrected chi connectivity index (χ3v) is 4.59. The fraction of sp³-hybridized carbons (Fsp3) is 0.350. The maximum Gasteiger partial charge on any atom is 0.319 e. The Labute approximate surface area is 147 Å². The van der Waals surface area contributed by atoms with E-state index in [1.54, 1.807) is 35.4 Å². The van der Waals surface area contributed by atoms with E-state index in [1.165, 1.54) is 0 Å². The zero-order valence-corrected chi connectivity index (χ0v) is 14.6. The number of aromatic nitrogens is 1. The van der Waals surface area contributed by atoms with Gasteiger partial charge in [0, 0.05) is 24.3 Å². The minimum Gasteiger partial charge on any atom is -0.424 e. The van der Waals surface area contributed by atoms with Crippen LogP contribution in [-0.2, 0) is 4.79 Å². The second-order valence-electron chi connectivity index (χ2n) is 6.78. The summed E-state index contributed by atoms with van der Waals surface area (Å²) in [7, 11) is 0. The fourth-order valence-corrected chi connectivity index (χ4v) is 3.09. The number of piperidine rings is 1. The molecule has 2 heterocycles. The molecule has 5 nitrogen and oxygen atoms in total. The summed E-state index contributed by atoms with van der Waals surface area (Å²) in [6.07, 6.45) is 3.02. The van der Waals surface area contributed by atoms with Crippen molar-refractivity contribution in [3.05, 3.63) is 59.9 Å². The summed E-state index contributed by atoms with van der Waals surface area (Å²) >= 11 is 0. The zero-order valence-electron chi connectivity index (χ0n) is 14.6. The van der Waals surface area contributed by atoms with Gasteiger partial charge < -0.3 is 9.64 Å². The van der Waals surface area contributed by atoms with Gasteiger partial charge in [-0.3, -0.25) is 14.6 Å². The number of hydrogen-bond donors (Lipinski definition) is 0. The fourth-order valence-electron chi connectivity index (χ4n) is 3.09. The lowest BCUT2D eigenvalue weighted by atomic mass is 9.81. The van der Waals surface area contributed by atoms with Crippen molar-refractivity contribution in [2.45, 2.75) is 26.7 Å². The summed E-state index contributed by atoms with van der Waals surface area (Å²) in [4.78, 5) is 31.2. The average molecular weight is 338 g/mol. The Bertz CT molecular complexity index is 758. The summed E-state index contributed by atoms with van der Waals surface area (Å²) in [5.41, 5.74) is 0.791. The molecule has 0 spiro atoms. The monoisotopic (exact) mass is 338 g/mol. The van der Waals surface area contributed by atoms with Crippen molar-refractivity contribution < 1.29 is 14.3 Å². The first-order valence-corrected chi connectivity index (χ1v) is 8.47. The molecule has 1 fully saturated rings. The third-order valence-electron chi connectivity index (χ3n) is 4.59. The molecule has 5 heteroatoms. The first-order valence-electron chi connectivity index (χ1n) is 8.47. The van der Waals surface area contributed by atoms with Gasteiger partial charge in [0.1, 0.15) is 5.75 Å². The normalized spacial score (nSPS) is 20.2. The highest BCUT2D eigenvalue weighted by Crippen LogP contribution is 2.32. The van der Waals surface area contributed by atoms with Crippen LogP contribution < -0.4 is 4.74 Å². The topological polar surface area (TPSA) is 59.5 Å². The molecule has 1 saturated heterocycles. The highest BCUT2D eigenvalue weighted by atomic mass is 16.5. The van der Waals surface area contributed by atoms with Gasteiger partial charge in [-0.1, -0.05) is 18.2 Å². The number of hydrogen-bond acceptors (Lipinski definition) is 4. The molecule has 1 aliphatic heterocycles. The molecule has 1 atom stereocenters. The smallest absolute Gasteiger partial charge is 0.319 e. The van der Waals surface area contributed by atoms with Crippen LogP contribution in [0.4, 0.5) is 0 Å². The van der Waals surface area contributed by atoms with Crippen LogP contribution >= 0.6 is 0 Å². The van der Waals surface area contributed by atoms with Gasteiger partial charge in [-0.15, -0.1) is 0 Å². The zero-order chi connectivity index (χ0) is 17.9. The van der Waals surface area contributed by atoms with Crippen molar-refractivity contribution in [2.24, 2.45) is 5.41 Å². The lowest BCUT2D eigenvalue weighted by molar-refractivity contribution is -0.147. The molecule has 25 heavy (non-hydrogen) atoms. The van der Waals surface area contributed by atoms with Crippen molar-refractivity contribution in [3.8, 4) is 5.75 Å². The van der Waals surface area contributed by atoms with Gasteiger partial charge in [-0.05, 0) is 51.0 Å². The predicted molar refractivity (Wildman–Crippen MR) is 94.3 cm³/mol. The second kappa shape index (κ2) is 7.05. The molecule has 1 aromatic carbocycles. The van der Waals surface area contributed by atoms with E-state index in [1.807, 2.05) is 32.0 Å². The Balaban J connectivity index is 1.71. The Morgan fingerprint density at radius 1 is 1.16 bits per heavy atom. The molecule has 1 aliphatic rings. The van der Waals surface area contributed by atoms with E-state index in [0.29, 0.717) is 30.8 Å². The van der Waals surface area contributed by atoms with Gasteiger partial charge in [-0.2, -0.15) is 0 Å². The summed E-state index contributed by atoms with van der Waals surface area (Å²) in [6, 6.07) is 12.7. The molecule has 3 rings (SSSR count). The number of ether oxygens (including phenoxy) is 1. The largest absolute Gasteiger partial charge is 0.424 e. The van der Waals surface area contributed by atoms with Crippen molar-refractivity contribution >= 4 is 11.9 Å². The third kappa shape index (κ3) is 3.87. The molecule has 1 aromatic heterocycles. The van der Waals surface area contributed by atoms with E-state index in [2.05, 4.69) is 4.98 Å². The number of aryl methyl sites for hydroxylation is 1. The molecule has 0 N–H and O–H groups in total. The van der Waals surface area contributed by atoms with Crippen molar-refractivity contribution in [1.29, 1.82) is 0 Å². The Morgan fingerprint density at radius 3 is 2.60 bits per heavy atom. The highest BCUT2D eigenvalue weighted by molar-refractivity contribution is 5.94. The number of esters is 1. The quantitative estimate of drug-likeness (QED) is 0.806. The van der Waals surface area contributed by atoms with Gasteiger partial charge in [0.15, 0.2) is 0 Å². The number of pyridine rings is 1. The molecule has 1 unspecified atom stereocenters. The lowest BCUT2D eigenvalue weighted by Gasteiger charge is -2.38. The maximum absolute atomic E-state index is 12.7. The van der Waals surface area contributed by atoms with Gasteiger partial charge in [0.2, 0.25) is 0 Å². The summed E-state index contributed by atoms with van der Waals surface area (Å²) in [5, 5.41) is 0. The SMILES string of the molecule is Cc1ccc(OC(=O)C2(C)CCCN(C(=O)c3ccccc3)C2)cn1. The number of likely N-dealkylation sites (tertiary alicyclic amines) is 1. The van der Waals surface area contributed by atoms with Crippen LogP contribution in [-0.4, -0.2) is 34.8 Å². The lowest BCUT2D eigenvalue weighted by Crippen LogP contribution is -2.49. The van der Waals surface area contributed by atoms with E-state index >= 15 is 0 Å². The number of carbonyl (C=O) groups is 2. The Hall–Kier alpha value is -2.69. The molecule has 0 saturated carbocycles. The van der Waals surface area contributed by atoms with E-state index in [4.69, 9.17) is 4.74 Å². The summed E-state index contributed by atoms with van der Waals surface area (Å²) in [5.74, 6) is 0.0726. The van der Waals surface area contributed by atoms with Gasteiger partial charge >= 0.3 is 5.97 Å². The number of rotatable bonds is 3. The minimum absolute atomic E-state index is 0.0451. The second-order valence-corrected chi connectivity index (χ2v) is 6.78. The molecule has 0 radical (unpaired) electrons. The summed E-state index contributed by atoms with van der Waals surface area (Å²) in [6.45, 7) is 4.75. The van der Waals surface area contributed by atoms with Crippen molar-refractivity contribution in [3.63, 3.8) is 0 Å². The molecule has 1 amide bonds.